The lowest BCUT2D eigenvalue weighted by Crippen LogP contribution is -2.33. The Morgan fingerprint density at radius 1 is 1.28 bits per heavy atom. The molecule has 1 aromatic heterocycles. The molecule has 10 heteroatoms. The van der Waals surface area contributed by atoms with E-state index in [-0.39, 0.29) is 13.0 Å². The molecule has 1 fully saturated rings. The zero-order chi connectivity index (χ0) is 18.4. The van der Waals surface area contributed by atoms with Gasteiger partial charge in [0, 0.05) is 19.8 Å². The Hall–Kier alpha value is -2.36. The number of carbonyl (C=O) groups is 1. The van der Waals surface area contributed by atoms with Crippen molar-refractivity contribution in [1.82, 2.24) is 9.78 Å². The zero-order valence-corrected chi connectivity index (χ0v) is 13.9. The molecular formula is C15H14F3N3O3S. The summed E-state index contributed by atoms with van der Waals surface area (Å²) in [7, 11) is -2.57. The molecule has 0 aliphatic carbocycles. The number of aromatic nitrogens is 2. The SMILES string of the molecule is Cn1cc(N2CC[C@H](S(=O)(=O)c3cccc(C(F)(F)F)c3)C2=O)cn1. The van der Waals surface area contributed by atoms with Gasteiger partial charge in [0.1, 0.15) is 5.25 Å². The number of benzene rings is 1. The Bertz CT molecular complexity index is 921. The van der Waals surface area contributed by atoms with Gasteiger partial charge >= 0.3 is 6.18 Å². The van der Waals surface area contributed by atoms with E-state index in [2.05, 4.69) is 5.10 Å². The van der Waals surface area contributed by atoms with Gasteiger partial charge in [0.2, 0.25) is 5.91 Å². The van der Waals surface area contributed by atoms with Gasteiger partial charge in [0.25, 0.3) is 0 Å². The summed E-state index contributed by atoms with van der Waals surface area (Å²) in [6, 6.07) is 3.45. The summed E-state index contributed by atoms with van der Waals surface area (Å²) in [5.74, 6) is -0.662. The van der Waals surface area contributed by atoms with E-state index in [1.54, 1.807) is 13.2 Å². The van der Waals surface area contributed by atoms with E-state index in [4.69, 9.17) is 0 Å². The summed E-state index contributed by atoms with van der Waals surface area (Å²) in [5.41, 5.74) is -0.614. The number of sulfone groups is 1. The van der Waals surface area contributed by atoms with Crippen molar-refractivity contribution in [3.63, 3.8) is 0 Å². The molecule has 2 aromatic rings. The summed E-state index contributed by atoms with van der Waals surface area (Å²) in [6.07, 6.45) is -1.66. The van der Waals surface area contributed by atoms with Crippen LogP contribution in [0.4, 0.5) is 18.9 Å². The number of amides is 1. The number of nitrogens with zero attached hydrogens (tertiary/aromatic N) is 3. The highest BCUT2D eigenvalue weighted by atomic mass is 32.2. The molecule has 1 atom stereocenters. The molecule has 3 rings (SSSR count). The maximum absolute atomic E-state index is 12.8. The average molecular weight is 373 g/mol. The predicted molar refractivity (Wildman–Crippen MR) is 82.6 cm³/mol. The molecule has 2 heterocycles. The van der Waals surface area contributed by atoms with Crippen molar-refractivity contribution in [3.05, 3.63) is 42.2 Å². The van der Waals surface area contributed by atoms with Gasteiger partial charge in [-0.2, -0.15) is 18.3 Å². The van der Waals surface area contributed by atoms with Crippen LogP contribution in [0.15, 0.2) is 41.6 Å². The van der Waals surface area contributed by atoms with Gasteiger partial charge in [-0.1, -0.05) is 6.07 Å². The quantitative estimate of drug-likeness (QED) is 0.825. The lowest BCUT2D eigenvalue weighted by atomic mass is 10.2. The second-order valence-corrected chi connectivity index (χ2v) is 7.84. The van der Waals surface area contributed by atoms with Crippen LogP contribution in [0, 0.1) is 0 Å². The van der Waals surface area contributed by atoms with Crippen molar-refractivity contribution < 1.29 is 26.4 Å². The first kappa shape index (κ1) is 17.5. The average Bonchev–Trinajstić information content (AvgIpc) is 3.12. The highest BCUT2D eigenvalue weighted by Gasteiger charge is 2.43. The third-order valence-corrected chi connectivity index (χ3v) is 6.12. The predicted octanol–water partition coefficient (Wildman–Crippen LogP) is 2.02. The van der Waals surface area contributed by atoms with E-state index in [1.165, 1.54) is 15.8 Å². The Labute approximate surface area is 141 Å². The molecule has 0 bridgehead atoms. The minimum atomic E-state index is -4.66. The lowest BCUT2D eigenvalue weighted by Gasteiger charge is -2.15. The molecule has 6 nitrogen and oxygen atoms in total. The van der Waals surface area contributed by atoms with E-state index >= 15 is 0 Å². The van der Waals surface area contributed by atoms with E-state index in [9.17, 15) is 26.4 Å². The topological polar surface area (TPSA) is 72.3 Å². The van der Waals surface area contributed by atoms with Crippen LogP contribution in [-0.4, -0.2) is 35.9 Å². The number of alkyl halides is 3. The number of anilines is 1. The molecule has 134 valence electrons. The Morgan fingerprint density at radius 3 is 2.60 bits per heavy atom. The van der Waals surface area contributed by atoms with Crippen molar-refractivity contribution in [2.24, 2.45) is 7.05 Å². The number of aryl methyl sites for hydroxylation is 1. The van der Waals surface area contributed by atoms with Crippen molar-refractivity contribution in [2.45, 2.75) is 22.7 Å². The summed E-state index contributed by atoms with van der Waals surface area (Å²) in [4.78, 5) is 13.3. The summed E-state index contributed by atoms with van der Waals surface area (Å²) in [5, 5.41) is 2.52. The van der Waals surface area contributed by atoms with E-state index in [1.807, 2.05) is 0 Å². The smallest absolute Gasteiger partial charge is 0.308 e. The Morgan fingerprint density at radius 2 is 2.00 bits per heavy atom. The molecular weight excluding hydrogens is 359 g/mol. The van der Waals surface area contributed by atoms with E-state index in [0.717, 1.165) is 18.2 Å². The maximum Gasteiger partial charge on any atom is 0.416 e. The lowest BCUT2D eigenvalue weighted by molar-refractivity contribution is -0.137. The molecule has 25 heavy (non-hydrogen) atoms. The van der Waals surface area contributed by atoms with E-state index in [0.29, 0.717) is 11.8 Å². The Kier molecular flexibility index (Phi) is 4.10. The second-order valence-electron chi connectivity index (χ2n) is 5.71. The number of hydrogen-bond donors (Lipinski definition) is 0. The molecule has 0 radical (unpaired) electrons. The highest BCUT2D eigenvalue weighted by molar-refractivity contribution is 7.92. The molecule has 1 aliphatic rings. The first-order valence-electron chi connectivity index (χ1n) is 7.32. The molecule has 0 spiro atoms. The van der Waals surface area contributed by atoms with Crippen molar-refractivity contribution >= 4 is 21.4 Å². The first-order chi connectivity index (χ1) is 11.6. The zero-order valence-electron chi connectivity index (χ0n) is 13.1. The van der Waals surface area contributed by atoms with Gasteiger partial charge in [0.15, 0.2) is 9.84 Å². The fourth-order valence-corrected chi connectivity index (χ4v) is 4.46. The minimum absolute atomic E-state index is 0.00626. The van der Waals surface area contributed by atoms with Crippen LogP contribution in [0.3, 0.4) is 0 Å². The van der Waals surface area contributed by atoms with Gasteiger partial charge in [-0.15, -0.1) is 0 Å². The monoisotopic (exact) mass is 373 g/mol. The summed E-state index contributed by atoms with van der Waals surface area (Å²) in [6.45, 7) is 0.160. The van der Waals surface area contributed by atoms with Crippen molar-refractivity contribution in [1.29, 1.82) is 0 Å². The molecule has 0 saturated carbocycles. The third-order valence-electron chi connectivity index (χ3n) is 4.02. The summed E-state index contributed by atoms with van der Waals surface area (Å²) >= 11 is 0. The minimum Gasteiger partial charge on any atom is -0.308 e. The molecule has 1 aromatic carbocycles. The molecule has 1 amide bonds. The molecule has 1 saturated heterocycles. The van der Waals surface area contributed by atoms with Gasteiger partial charge in [0.05, 0.1) is 22.3 Å². The van der Waals surface area contributed by atoms with Crippen LogP contribution in [0.5, 0.6) is 0 Å². The van der Waals surface area contributed by atoms with Gasteiger partial charge < -0.3 is 4.90 Å². The fourth-order valence-electron chi connectivity index (χ4n) is 2.76. The van der Waals surface area contributed by atoms with Gasteiger partial charge in [-0.05, 0) is 24.6 Å². The first-order valence-corrected chi connectivity index (χ1v) is 8.86. The van der Waals surface area contributed by atoms with Crippen molar-refractivity contribution in [3.8, 4) is 0 Å². The van der Waals surface area contributed by atoms with Crippen LogP contribution in [0.1, 0.15) is 12.0 Å². The molecule has 1 aliphatic heterocycles. The van der Waals surface area contributed by atoms with Crippen LogP contribution in [-0.2, 0) is 27.9 Å². The standard InChI is InChI=1S/C15H14F3N3O3S/c1-20-9-11(8-19-20)21-6-5-13(14(21)22)25(23,24)12-4-2-3-10(7-12)15(16,17)18/h2-4,7-9,13H,5-6H2,1H3/t13-/m0/s1. The number of rotatable bonds is 3. The fraction of sp³-hybridized carbons (Fsp3) is 0.333. The number of halogens is 3. The van der Waals surface area contributed by atoms with E-state index < -0.39 is 37.6 Å². The van der Waals surface area contributed by atoms with Crippen molar-refractivity contribution in [2.75, 3.05) is 11.4 Å². The Balaban J connectivity index is 1.92. The van der Waals surface area contributed by atoms with Gasteiger partial charge in [-0.3, -0.25) is 9.48 Å². The van der Waals surface area contributed by atoms with Gasteiger partial charge in [-0.25, -0.2) is 8.42 Å². The molecule has 0 N–H and O–H groups in total. The second kappa shape index (κ2) is 5.87. The number of hydrogen-bond acceptors (Lipinski definition) is 4. The molecule has 0 unspecified atom stereocenters. The maximum atomic E-state index is 12.8. The number of carbonyl (C=O) groups excluding carboxylic acids is 1. The van der Waals surface area contributed by atoms with Crippen LogP contribution in [0.25, 0.3) is 0 Å². The largest absolute Gasteiger partial charge is 0.416 e. The highest BCUT2D eigenvalue weighted by Crippen LogP contribution is 2.33. The van der Waals surface area contributed by atoms with Crippen LogP contribution >= 0.6 is 0 Å². The van der Waals surface area contributed by atoms with Crippen LogP contribution in [0.2, 0.25) is 0 Å². The summed E-state index contributed by atoms with van der Waals surface area (Å²) < 4.78 is 65.3. The van der Waals surface area contributed by atoms with Crippen LogP contribution < -0.4 is 4.90 Å². The normalized spacial score (nSPS) is 18.8. The third kappa shape index (κ3) is 3.13.